The number of sulfonamides is 1. The van der Waals surface area contributed by atoms with Gasteiger partial charge in [-0.15, -0.1) is 0 Å². The molecule has 9 heteroatoms. The van der Waals surface area contributed by atoms with Gasteiger partial charge in [0.25, 0.3) is 0 Å². The molecule has 0 radical (unpaired) electrons. The van der Waals surface area contributed by atoms with Gasteiger partial charge in [0.2, 0.25) is 21.8 Å². The number of hydrogen-bond acceptors (Lipinski definition) is 5. The molecule has 8 nitrogen and oxygen atoms in total. The summed E-state index contributed by atoms with van der Waals surface area (Å²) in [4.78, 5) is 25.4. The van der Waals surface area contributed by atoms with E-state index in [9.17, 15) is 18.0 Å². The lowest BCUT2D eigenvalue weighted by molar-refractivity contribution is -0.131. The summed E-state index contributed by atoms with van der Waals surface area (Å²) < 4.78 is 32.4. The molecule has 3 rings (SSSR count). The van der Waals surface area contributed by atoms with E-state index in [0.29, 0.717) is 25.1 Å². The van der Waals surface area contributed by atoms with E-state index >= 15 is 0 Å². The molecule has 0 aliphatic carbocycles. The molecule has 0 bridgehead atoms. The van der Waals surface area contributed by atoms with Gasteiger partial charge in [-0.1, -0.05) is 36.4 Å². The highest BCUT2D eigenvalue weighted by Crippen LogP contribution is 2.24. The highest BCUT2D eigenvalue weighted by atomic mass is 32.2. The van der Waals surface area contributed by atoms with Crippen LogP contribution in [0.25, 0.3) is 0 Å². The lowest BCUT2D eigenvalue weighted by Crippen LogP contribution is -2.50. The average Bonchev–Trinajstić information content (AvgIpc) is 2.83. The number of carbonyl (C=O) groups excluding carboxylic acids is 2. The number of piperidine rings is 1. The molecule has 1 saturated heterocycles. The van der Waals surface area contributed by atoms with Crippen LogP contribution in [0.2, 0.25) is 0 Å². The van der Waals surface area contributed by atoms with Crippen molar-refractivity contribution in [3.05, 3.63) is 60.2 Å². The summed E-state index contributed by atoms with van der Waals surface area (Å²) in [7, 11) is -2.09. The first-order valence-electron chi connectivity index (χ1n) is 10.6. The van der Waals surface area contributed by atoms with Crippen LogP contribution in [0.1, 0.15) is 25.3 Å². The third-order valence-corrected chi connectivity index (χ3v) is 7.41. The van der Waals surface area contributed by atoms with Crippen LogP contribution in [0.4, 0.5) is 0 Å². The Labute approximate surface area is 189 Å². The molecule has 2 aromatic carbocycles. The van der Waals surface area contributed by atoms with Crippen molar-refractivity contribution >= 4 is 21.8 Å². The van der Waals surface area contributed by atoms with Crippen LogP contribution in [0.3, 0.4) is 0 Å². The van der Waals surface area contributed by atoms with Crippen molar-refractivity contribution in [2.75, 3.05) is 20.2 Å². The van der Waals surface area contributed by atoms with E-state index in [-0.39, 0.29) is 29.8 Å². The lowest BCUT2D eigenvalue weighted by Gasteiger charge is -2.31. The number of methoxy groups -OCH3 is 1. The molecule has 2 amide bonds. The monoisotopic (exact) mass is 459 g/mol. The summed E-state index contributed by atoms with van der Waals surface area (Å²) >= 11 is 0. The number of ether oxygens (including phenoxy) is 1. The fourth-order valence-corrected chi connectivity index (χ4v) is 5.24. The van der Waals surface area contributed by atoms with Gasteiger partial charge in [0, 0.05) is 25.2 Å². The van der Waals surface area contributed by atoms with Crippen molar-refractivity contribution < 1.29 is 22.7 Å². The fraction of sp³-hybridized carbons (Fsp3) is 0.391. The summed E-state index contributed by atoms with van der Waals surface area (Å²) in [5.41, 5.74) is 0.830. The first-order valence-corrected chi connectivity index (χ1v) is 12.0. The molecule has 0 saturated carbocycles. The third-order valence-electron chi connectivity index (χ3n) is 5.53. The van der Waals surface area contributed by atoms with E-state index in [0.717, 1.165) is 5.56 Å². The first kappa shape index (κ1) is 23.7. The Kier molecular flexibility index (Phi) is 7.87. The zero-order valence-electron chi connectivity index (χ0n) is 18.3. The van der Waals surface area contributed by atoms with Gasteiger partial charge in [-0.25, -0.2) is 8.42 Å². The van der Waals surface area contributed by atoms with Crippen molar-refractivity contribution in [3.8, 4) is 5.75 Å². The van der Waals surface area contributed by atoms with Gasteiger partial charge in [0.15, 0.2) is 0 Å². The van der Waals surface area contributed by atoms with Crippen LogP contribution in [-0.4, -0.2) is 50.8 Å². The van der Waals surface area contributed by atoms with Crippen molar-refractivity contribution in [3.63, 3.8) is 0 Å². The molecule has 2 aromatic rings. The van der Waals surface area contributed by atoms with Gasteiger partial charge in [-0.05, 0) is 38.0 Å². The van der Waals surface area contributed by atoms with E-state index in [1.165, 1.54) is 4.31 Å². The molecule has 0 spiro atoms. The molecule has 1 fully saturated rings. The Morgan fingerprint density at radius 2 is 1.81 bits per heavy atom. The quantitative estimate of drug-likeness (QED) is 0.628. The smallest absolute Gasteiger partial charge is 0.243 e. The summed E-state index contributed by atoms with van der Waals surface area (Å²) in [5.74, 6) is -0.482. The standard InChI is InChI=1S/C23H29N3O5S/c1-17(22(27)24-15-18-9-6-7-13-21(18)31-2)25-23(28)19-10-8-14-26(16-19)32(29,30)20-11-4-3-5-12-20/h3-7,9,11-13,17,19H,8,10,14-16H2,1-2H3,(H,24,27)(H,25,28)/t17-,19-/m0/s1. The normalized spacial score (nSPS) is 17.9. The van der Waals surface area contributed by atoms with Gasteiger partial charge < -0.3 is 15.4 Å². The molecule has 172 valence electrons. The predicted octanol–water partition coefficient (Wildman–Crippen LogP) is 1.92. The van der Waals surface area contributed by atoms with Gasteiger partial charge in [0.05, 0.1) is 17.9 Å². The van der Waals surface area contributed by atoms with Gasteiger partial charge in [-0.3, -0.25) is 9.59 Å². The van der Waals surface area contributed by atoms with Crippen LogP contribution < -0.4 is 15.4 Å². The van der Waals surface area contributed by atoms with Crippen molar-refractivity contribution in [2.24, 2.45) is 5.92 Å². The van der Waals surface area contributed by atoms with Crippen molar-refractivity contribution in [2.45, 2.75) is 37.2 Å². The van der Waals surface area contributed by atoms with E-state index in [1.54, 1.807) is 44.4 Å². The van der Waals surface area contributed by atoms with E-state index < -0.39 is 22.0 Å². The number of rotatable bonds is 8. The largest absolute Gasteiger partial charge is 0.496 e. The van der Waals surface area contributed by atoms with Crippen molar-refractivity contribution in [1.29, 1.82) is 0 Å². The third kappa shape index (κ3) is 5.66. The number of nitrogens with one attached hydrogen (secondary N) is 2. The second-order valence-electron chi connectivity index (χ2n) is 7.78. The van der Waals surface area contributed by atoms with Crippen LogP contribution in [0.15, 0.2) is 59.5 Å². The molecule has 1 aliphatic rings. The van der Waals surface area contributed by atoms with Crippen LogP contribution >= 0.6 is 0 Å². The number of benzene rings is 2. The Morgan fingerprint density at radius 1 is 1.12 bits per heavy atom. The first-order chi connectivity index (χ1) is 15.3. The SMILES string of the molecule is COc1ccccc1CNC(=O)[C@H](C)NC(=O)[C@H]1CCCN(S(=O)(=O)c2ccccc2)C1. The van der Waals surface area contributed by atoms with Crippen LogP contribution in [0.5, 0.6) is 5.75 Å². The number of nitrogens with zero attached hydrogens (tertiary/aromatic N) is 1. The minimum Gasteiger partial charge on any atom is -0.496 e. The van der Waals surface area contributed by atoms with E-state index in [4.69, 9.17) is 4.74 Å². The minimum atomic E-state index is -3.66. The minimum absolute atomic E-state index is 0.0958. The molecule has 0 unspecified atom stereocenters. The van der Waals surface area contributed by atoms with Gasteiger partial charge in [-0.2, -0.15) is 4.31 Å². The lowest BCUT2D eigenvalue weighted by atomic mass is 9.98. The van der Waals surface area contributed by atoms with E-state index in [2.05, 4.69) is 10.6 Å². The Bertz CT molecular complexity index is 1040. The topological polar surface area (TPSA) is 105 Å². The number of amides is 2. The predicted molar refractivity (Wildman–Crippen MR) is 120 cm³/mol. The highest BCUT2D eigenvalue weighted by Gasteiger charge is 2.34. The molecule has 32 heavy (non-hydrogen) atoms. The molecular formula is C23H29N3O5S. The maximum Gasteiger partial charge on any atom is 0.243 e. The van der Waals surface area contributed by atoms with Crippen molar-refractivity contribution in [1.82, 2.24) is 14.9 Å². The van der Waals surface area contributed by atoms with Crippen LogP contribution in [0, 0.1) is 5.92 Å². The Balaban J connectivity index is 1.56. The average molecular weight is 460 g/mol. The molecule has 2 N–H and O–H groups in total. The zero-order valence-corrected chi connectivity index (χ0v) is 19.1. The summed E-state index contributed by atoms with van der Waals surface area (Å²) in [6.45, 7) is 2.35. The summed E-state index contributed by atoms with van der Waals surface area (Å²) in [6.07, 6.45) is 1.15. The molecule has 1 heterocycles. The van der Waals surface area contributed by atoms with E-state index in [1.807, 2.05) is 24.3 Å². The number of carbonyl (C=O) groups is 2. The molecular weight excluding hydrogens is 430 g/mol. The maximum absolute atomic E-state index is 12.9. The molecule has 0 aromatic heterocycles. The van der Waals surface area contributed by atoms with Gasteiger partial charge >= 0.3 is 0 Å². The second-order valence-corrected chi connectivity index (χ2v) is 9.71. The number of para-hydroxylation sites is 1. The summed E-state index contributed by atoms with van der Waals surface area (Å²) in [5, 5.41) is 5.52. The Morgan fingerprint density at radius 3 is 2.53 bits per heavy atom. The summed E-state index contributed by atoms with van der Waals surface area (Å²) in [6, 6.07) is 14.8. The number of hydrogen-bond donors (Lipinski definition) is 2. The highest BCUT2D eigenvalue weighted by molar-refractivity contribution is 7.89. The fourth-order valence-electron chi connectivity index (χ4n) is 3.70. The second kappa shape index (κ2) is 10.6. The van der Waals surface area contributed by atoms with Crippen LogP contribution in [-0.2, 0) is 26.2 Å². The molecule has 2 atom stereocenters. The molecule has 1 aliphatic heterocycles. The Hall–Kier alpha value is -2.91. The zero-order chi connectivity index (χ0) is 23.1. The maximum atomic E-state index is 12.9. The van der Waals surface area contributed by atoms with Gasteiger partial charge in [0.1, 0.15) is 11.8 Å².